The fraction of sp³-hybridized carbons (Fsp3) is 0. The molecule has 0 saturated heterocycles. The Morgan fingerprint density at radius 2 is 0.982 bits per heavy atom. The highest BCUT2D eigenvalue weighted by Crippen LogP contribution is 2.44. The molecule has 0 aliphatic carbocycles. The quantitative estimate of drug-likeness (QED) is 0.166. The number of fused-ring (bicyclic) bond motifs is 11. The summed E-state index contributed by atoms with van der Waals surface area (Å²) in [7, 11) is 0. The SMILES string of the molecule is c1ccc(-c2cccc(N(c3ccc4c(c3)oc3cccc(-c5nc6c(ccc7ccccc76)o5)c34)c3ccc4ccc5c6ccccc6ccc5c4c3)c2)cc1. The average Bonchev–Trinajstić information content (AvgIpc) is 3.89. The van der Waals surface area contributed by atoms with Gasteiger partial charge in [0.2, 0.25) is 5.89 Å². The number of hydrogen-bond acceptors (Lipinski definition) is 4. The second-order valence-corrected chi connectivity index (χ2v) is 14.7. The minimum absolute atomic E-state index is 0.578. The molecule has 2 aromatic heterocycles. The number of oxazole rings is 1. The van der Waals surface area contributed by atoms with Crippen molar-refractivity contribution in [1.82, 2.24) is 4.98 Å². The summed E-state index contributed by atoms with van der Waals surface area (Å²) < 4.78 is 13.1. The van der Waals surface area contributed by atoms with Gasteiger partial charge in [-0.05, 0) is 103 Å². The Morgan fingerprint density at radius 1 is 0.351 bits per heavy atom. The number of rotatable bonds is 5. The van der Waals surface area contributed by atoms with Crippen LogP contribution in [0.4, 0.5) is 17.1 Å². The standard InChI is InChI=1S/C53H32N2O2/c1-2-10-33(11-3-1)37-14-8-15-38(30-37)55(39-24-20-36-22-26-43-41-16-6-4-12-34(41)21-27-44(43)47(36)31-39)40-25-28-45-50(32-40)56-48-19-9-18-46(51(45)48)53-54-52-42-17-7-5-13-35(42)23-29-49(52)57-53/h1-32H. The summed E-state index contributed by atoms with van der Waals surface area (Å²) in [5.41, 5.74) is 9.53. The number of anilines is 3. The molecule has 0 radical (unpaired) electrons. The van der Waals surface area contributed by atoms with Crippen LogP contribution in [0.1, 0.15) is 0 Å². The summed E-state index contributed by atoms with van der Waals surface area (Å²) in [5.74, 6) is 0.578. The molecule has 0 amide bonds. The first-order valence-corrected chi connectivity index (χ1v) is 19.3. The van der Waals surface area contributed by atoms with E-state index in [4.69, 9.17) is 13.8 Å². The monoisotopic (exact) mass is 728 g/mol. The van der Waals surface area contributed by atoms with Gasteiger partial charge in [-0.25, -0.2) is 4.98 Å². The van der Waals surface area contributed by atoms with Gasteiger partial charge in [-0.15, -0.1) is 0 Å². The van der Waals surface area contributed by atoms with Gasteiger partial charge in [-0.2, -0.15) is 0 Å². The second-order valence-electron chi connectivity index (χ2n) is 14.7. The molecular formula is C53H32N2O2. The number of hydrogen-bond donors (Lipinski definition) is 0. The predicted molar refractivity (Wildman–Crippen MR) is 237 cm³/mol. The number of benzene rings is 10. The summed E-state index contributed by atoms with van der Waals surface area (Å²) in [6, 6.07) is 68.8. The zero-order chi connectivity index (χ0) is 37.5. The molecule has 57 heavy (non-hydrogen) atoms. The second kappa shape index (κ2) is 12.4. The van der Waals surface area contributed by atoms with Gasteiger partial charge in [0.15, 0.2) is 5.58 Å². The highest BCUT2D eigenvalue weighted by atomic mass is 16.3. The molecule has 0 fully saturated rings. The van der Waals surface area contributed by atoms with Crippen LogP contribution < -0.4 is 4.90 Å². The first kappa shape index (κ1) is 31.6. The van der Waals surface area contributed by atoms with Gasteiger partial charge in [-0.1, -0.05) is 133 Å². The number of aromatic nitrogens is 1. The van der Waals surface area contributed by atoms with Gasteiger partial charge in [-0.3, -0.25) is 0 Å². The lowest BCUT2D eigenvalue weighted by Crippen LogP contribution is -2.10. The lowest BCUT2D eigenvalue weighted by molar-refractivity contribution is 0.620. The number of nitrogens with zero attached hydrogens (tertiary/aromatic N) is 2. The smallest absolute Gasteiger partial charge is 0.228 e. The lowest BCUT2D eigenvalue weighted by atomic mass is 9.96. The Bertz CT molecular complexity index is 3540. The maximum absolute atomic E-state index is 6.69. The molecule has 4 nitrogen and oxygen atoms in total. The molecule has 2 heterocycles. The minimum Gasteiger partial charge on any atom is -0.456 e. The van der Waals surface area contributed by atoms with Gasteiger partial charge in [0, 0.05) is 44.9 Å². The van der Waals surface area contributed by atoms with E-state index in [9.17, 15) is 0 Å². The molecule has 0 aliphatic rings. The molecule has 12 aromatic rings. The average molecular weight is 729 g/mol. The molecule has 0 bridgehead atoms. The third-order valence-electron chi connectivity index (χ3n) is 11.4. The van der Waals surface area contributed by atoms with Crippen LogP contribution in [0.15, 0.2) is 203 Å². The van der Waals surface area contributed by atoms with E-state index in [0.29, 0.717) is 5.89 Å². The predicted octanol–water partition coefficient (Wildman–Crippen LogP) is 15.1. The molecule has 266 valence electrons. The van der Waals surface area contributed by atoms with Crippen molar-refractivity contribution in [1.29, 1.82) is 0 Å². The fourth-order valence-electron chi connectivity index (χ4n) is 8.76. The van der Waals surface area contributed by atoms with Crippen molar-refractivity contribution in [2.45, 2.75) is 0 Å². The summed E-state index contributed by atoms with van der Waals surface area (Å²) in [6.07, 6.45) is 0. The summed E-state index contributed by atoms with van der Waals surface area (Å²) in [4.78, 5) is 7.39. The molecule has 0 unspecified atom stereocenters. The molecule has 0 aliphatic heterocycles. The molecular weight excluding hydrogens is 697 g/mol. The van der Waals surface area contributed by atoms with Crippen LogP contribution >= 0.6 is 0 Å². The van der Waals surface area contributed by atoms with Crippen LogP contribution in [0.2, 0.25) is 0 Å². The highest BCUT2D eigenvalue weighted by molar-refractivity contribution is 6.18. The van der Waals surface area contributed by atoms with E-state index in [0.717, 1.165) is 72.0 Å². The lowest BCUT2D eigenvalue weighted by Gasteiger charge is -2.26. The van der Waals surface area contributed by atoms with Crippen molar-refractivity contribution in [3.8, 4) is 22.6 Å². The summed E-state index contributed by atoms with van der Waals surface area (Å²) in [6.45, 7) is 0. The van der Waals surface area contributed by atoms with E-state index < -0.39 is 0 Å². The van der Waals surface area contributed by atoms with Crippen molar-refractivity contribution in [3.63, 3.8) is 0 Å². The van der Waals surface area contributed by atoms with E-state index in [1.54, 1.807) is 0 Å². The molecule has 0 saturated carbocycles. The van der Waals surface area contributed by atoms with Gasteiger partial charge in [0.05, 0.1) is 0 Å². The van der Waals surface area contributed by atoms with Crippen molar-refractivity contribution >= 4 is 93.2 Å². The first-order valence-electron chi connectivity index (χ1n) is 19.3. The molecule has 4 heteroatoms. The van der Waals surface area contributed by atoms with E-state index in [-0.39, 0.29) is 0 Å². The first-order chi connectivity index (χ1) is 28.2. The largest absolute Gasteiger partial charge is 0.456 e. The Kier molecular flexibility index (Phi) is 6.89. The van der Waals surface area contributed by atoms with Crippen LogP contribution in [0.5, 0.6) is 0 Å². The topological polar surface area (TPSA) is 42.4 Å². The Labute approximate surface area is 327 Å². The third-order valence-corrected chi connectivity index (χ3v) is 11.4. The van der Waals surface area contributed by atoms with E-state index >= 15 is 0 Å². The van der Waals surface area contributed by atoms with Crippen molar-refractivity contribution < 1.29 is 8.83 Å². The van der Waals surface area contributed by atoms with Crippen molar-refractivity contribution in [2.75, 3.05) is 4.90 Å². The Hall–Kier alpha value is -7.69. The van der Waals surface area contributed by atoms with Gasteiger partial charge < -0.3 is 13.7 Å². The molecule has 12 rings (SSSR count). The molecule has 10 aromatic carbocycles. The molecule has 0 N–H and O–H groups in total. The van der Waals surface area contributed by atoms with Crippen LogP contribution in [0.3, 0.4) is 0 Å². The van der Waals surface area contributed by atoms with Gasteiger partial charge in [0.1, 0.15) is 16.7 Å². The zero-order valence-corrected chi connectivity index (χ0v) is 30.7. The van der Waals surface area contributed by atoms with E-state index in [1.807, 2.05) is 30.3 Å². The Morgan fingerprint density at radius 3 is 1.86 bits per heavy atom. The van der Waals surface area contributed by atoms with Crippen LogP contribution in [0.25, 0.3) is 98.7 Å². The normalized spacial score (nSPS) is 11.9. The van der Waals surface area contributed by atoms with E-state index in [1.165, 1.54) is 37.9 Å². The zero-order valence-electron chi connectivity index (χ0n) is 30.7. The maximum atomic E-state index is 6.69. The van der Waals surface area contributed by atoms with Gasteiger partial charge >= 0.3 is 0 Å². The van der Waals surface area contributed by atoms with Gasteiger partial charge in [0.25, 0.3) is 0 Å². The van der Waals surface area contributed by atoms with Crippen LogP contribution in [-0.2, 0) is 0 Å². The molecule has 0 atom stereocenters. The van der Waals surface area contributed by atoms with Crippen LogP contribution in [-0.4, -0.2) is 4.98 Å². The Balaban J connectivity index is 1.05. The summed E-state index contributed by atoms with van der Waals surface area (Å²) in [5, 5.41) is 11.6. The van der Waals surface area contributed by atoms with Crippen molar-refractivity contribution in [3.05, 3.63) is 194 Å². The molecule has 0 spiro atoms. The van der Waals surface area contributed by atoms with Crippen LogP contribution in [0, 0.1) is 0 Å². The third kappa shape index (κ3) is 5.04. The fourth-order valence-corrected chi connectivity index (χ4v) is 8.76. The number of furan rings is 1. The minimum atomic E-state index is 0.578. The summed E-state index contributed by atoms with van der Waals surface area (Å²) >= 11 is 0. The maximum Gasteiger partial charge on any atom is 0.228 e. The highest BCUT2D eigenvalue weighted by Gasteiger charge is 2.21. The van der Waals surface area contributed by atoms with Crippen molar-refractivity contribution in [2.24, 2.45) is 0 Å². The van der Waals surface area contributed by atoms with E-state index in [2.05, 4.69) is 169 Å².